The van der Waals surface area contributed by atoms with Gasteiger partial charge >= 0.3 is 0 Å². The van der Waals surface area contributed by atoms with E-state index in [9.17, 15) is 4.39 Å². The first-order valence-corrected chi connectivity index (χ1v) is 7.29. The summed E-state index contributed by atoms with van der Waals surface area (Å²) in [6.07, 6.45) is 2.90. The Labute approximate surface area is 125 Å². The molecule has 0 bridgehead atoms. The molecule has 1 aromatic carbocycles. The van der Waals surface area contributed by atoms with E-state index in [1.807, 2.05) is 37.5 Å². The smallest absolute Gasteiger partial charge is 0.127 e. The van der Waals surface area contributed by atoms with Gasteiger partial charge in [0.15, 0.2) is 0 Å². The third-order valence-corrected chi connectivity index (χ3v) is 3.23. The van der Waals surface area contributed by atoms with Crippen molar-refractivity contribution in [1.29, 1.82) is 0 Å². The average Bonchev–Trinajstić information content (AvgIpc) is 2.48. The Morgan fingerprint density at radius 2 is 2.00 bits per heavy atom. The van der Waals surface area contributed by atoms with E-state index < -0.39 is 0 Å². The number of benzene rings is 1. The fourth-order valence-corrected chi connectivity index (χ4v) is 2.19. The molecule has 0 spiro atoms. The molecule has 1 N–H and O–H groups in total. The van der Waals surface area contributed by atoms with E-state index in [-0.39, 0.29) is 5.82 Å². The maximum absolute atomic E-state index is 13.6. The third kappa shape index (κ3) is 4.83. The summed E-state index contributed by atoms with van der Waals surface area (Å²) in [5.41, 5.74) is 2.77. The molecule has 0 aliphatic carbocycles. The Balaban J connectivity index is 1.96. The fraction of sp³-hybridized carbons (Fsp3) is 0.353. The molecule has 0 radical (unpaired) electrons. The van der Waals surface area contributed by atoms with Gasteiger partial charge in [0.1, 0.15) is 5.82 Å². The second-order valence-corrected chi connectivity index (χ2v) is 5.23. The van der Waals surface area contributed by atoms with Crippen molar-refractivity contribution < 1.29 is 4.39 Å². The van der Waals surface area contributed by atoms with Crippen LogP contribution in [0.4, 0.5) is 10.1 Å². The minimum atomic E-state index is -0.157. The molecule has 112 valence electrons. The molecule has 0 fully saturated rings. The first-order chi connectivity index (χ1) is 10.2. The van der Waals surface area contributed by atoms with Crippen molar-refractivity contribution in [2.24, 2.45) is 0 Å². The molecule has 3 nitrogen and oxygen atoms in total. The molecule has 2 aromatic rings. The third-order valence-electron chi connectivity index (χ3n) is 3.23. The van der Waals surface area contributed by atoms with E-state index in [1.54, 1.807) is 6.07 Å². The van der Waals surface area contributed by atoms with Crippen molar-refractivity contribution in [2.45, 2.75) is 26.4 Å². The summed E-state index contributed by atoms with van der Waals surface area (Å²) in [5.74, 6) is -0.157. The topological polar surface area (TPSA) is 28.2 Å². The molecule has 0 amide bonds. The summed E-state index contributed by atoms with van der Waals surface area (Å²) in [4.78, 5) is 6.44. The normalized spacial score (nSPS) is 10.9. The van der Waals surface area contributed by atoms with E-state index in [1.165, 1.54) is 6.07 Å². The quantitative estimate of drug-likeness (QED) is 0.842. The van der Waals surface area contributed by atoms with Crippen LogP contribution in [0.2, 0.25) is 0 Å². The van der Waals surface area contributed by atoms with E-state index in [0.717, 1.165) is 24.3 Å². The van der Waals surface area contributed by atoms with Crippen LogP contribution in [0, 0.1) is 5.82 Å². The first-order valence-electron chi connectivity index (χ1n) is 7.29. The van der Waals surface area contributed by atoms with E-state index in [0.29, 0.717) is 18.7 Å². The standard InChI is InChI=1S/C17H22FN3/c1-3-9-19-15-8-10-20-16(11-15)13-21(2)12-14-6-4-5-7-17(14)18/h4-8,10-11H,3,9,12-13H2,1-2H3,(H,19,20). The van der Waals surface area contributed by atoms with Gasteiger partial charge in [-0.05, 0) is 31.7 Å². The lowest BCUT2D eigenvalue weighted by atomic mass is 10.2. The molecule has 0 atom stereocenters. The zero-order valence-corrected chi connectivity index (χ0v) is 12.6. The van der Waals surface area contributed by atoms with Crippen LogP contribution in [0.5, 0.6) is 0 Å². The molecule has 21 heavy (non-hydrogen) atoms. The highest BCUT2D eigenvalue weighted by molar-refractivity contribution is 5.43. The minimum absolute atomic E-state index is 0.157. The molecule has 4 heteroatoms. The highest BCUT2D eigenvalue weighted by atomic mass is 19.1. The van der Waals surface area contributed by atoms with Crippen molar-refractivity contribution in [3.63, 3.8) is 0 Å². The largest absolute Gasteiger partial charge is 0.385 e. The van der Waals surface area contributed by atoms with Crippen LogP contribution >= 0.6 is 0 Å². The van der Waals surface area contributed by atoms with Gasteiger partial charge in [-0.1, -0.05) is 25.1 Å². The Morgan fingerprint density at radius 3 is 2.76 bits per heavy atom. The Kier molecular flexibility index (Phi) is 5.69. The van der Waals surface area contributed by atoms with Gasteiger partial charge < -0.3 is 5.32 Å². The van der Waals surface area contributed by atoms with Crippen LogP contribution in [0.1, 0.15) is 24.6 Å². The molecule has 0 aliphatic rings. The van der Waals surface area contributed by atoms with Crippen LogP contribution in [-0.4, -0.2) is 23.5 Å². The molecule has 0 saturated carbocycles. The molecule has 0 aliphatic heterocycles. The van der Waals surface area contributed by atoms with Gasteiger partial charge in [-0.25, -0.2) is 4.39 Å². The van der Waals surface area contributed by atoms with Crippen molar-refractivity contribution >= 4 is 5.69 Å². The molecular weight excluding hydrogens is 265 g/mol. The van der Waals surface area contributed by atoms with E-state index >= 15 is 0 Å². The Bertz CT molecular complexity index is 571. The summed E-state index contributed by atoms with van der Waals surface area (Å²) in [6.45, 7) is 4.35. The summed E-state index contributed by atoms with van der Waals surface area (Å²) >= 11 is 0. The molecule has 0 saturated heterocycles. The highest BCUT2D eigenvalue weighted by Gasteiger charge is 2.07. The Hall–Kier alpha value is -1.94. The minimum Gasteiger partial charge on any atom is -0.385 e. The van der Waals surface area contributed by atoms with Crippen molar-refractivity contribution in [2.75, 3.05) is 18.9 Å². The average molecular weight is 287 g/mol. The van der Waals surface area contributed by atoms with Gasteiger partial charge in [0.2, 0.25) is 0 Å². The second kappa shape index (κ2) is 7.74. The van der Waals surface area contributed by atoms with Crippen LogP contribution in [-0.2, 0) is 13.1 Å². The fourth-order valence-electron chi connectivity index (χ4n) is 2.19. The Morgan fingerprint density at radius 1 is 1.19 bits per heavy atom. The maximum Gasteiger partial charge on any atom is 0.127 e. The van der Waals surface area contributed by atoms with Gasteiger partial charge in [-0.2, -0.15) is 0 Å². The number of halogens is 1. The summed E-state index contributed by atoms with van der Waals surface area (Å²) in [5, 5.41) is 3.35. The number of rotatable bonds is 7. The van der Waals surface area contributed by atoms with Crippen LogP contribution in [0.25, 0.3) is 0 Å². The number of pyridine rings is 1. The second-order valence-electron chi connectivity index (χ2n) is 5.23. The van der Waals surface area contributed by atoms with E-state index in [2.05, 4.69) is 22.1 Å². The van der Waals surface area contributed by atoms with Crippen LogP contribution in [0.15, 0.2) is 42.6 Å². The number of nitrogens with zero attached hydrogens (tertiary/aromatic N) is 2. The van der Waals surface area contributed by atoms with Crippen molar-refractivity contribution in [3.05, 3.63) is 59.7 Å². The zero-order valence-electron chi connectivity index (χ0n) is 12.6. The number of hydrogen-bond acceptors (Lipinski definition) is 3. The van der Waals surface area contributed by atoms with Gasteiger partial charge in [-0.15, -0.1) is 0 Å². The number of anilines is 1. The molecule has 0 unspecified atom stereocenters. The SMILES string of the molecule is CCCNc1ccnc(CN(C)Cc2ccccc2F)c1. The summed E-state index contributed by atoms with van der Waals surface area (Å²) < 4.78 is 13.6. The molecule has 1 aromatic heterocycles. The number of hydrogen-bond donors (Lipinski definition) is 1. The zero-order chi connectivity index (χ0) is 15.1. The molecular formula is C17H22FN3. The van der Waals surface area contributed by atoms with Gasteiger partial charge in [0, 0.05) is 37.1 Å². The predicted octanol–water partition coefficient (Wildman–Crippen LogP) is 3.67. The number of nitrogens with one attached hydrogen (secondary N) is 1. The predicted molar refractivity (Wildman–Crippen MR) is 84.6 cm³/mol. The van der Waals surface area contributed by atoms with Crippen LogP contribution in [0.3, 0.4) is 0 Å². The van der Waals surface area contributed by atoms with Gasteiger partial charge in [0.05, 0.1) is 5.69 Å². The lowest BCUT2D eigenvalue weighted by Gasteiger charge is -2.17. The number of aromatic nitrogens is 1. The van der Waals surface area contributed by atoms with Crippen LogP contribution < -0.4 is 5.32 Å². The van der Waals surface area contributed by atoms with E-state index in [4.69, 9.17) is 0 Å². The summed E-state index contributed by atoms with van der Waals surface area (Å²) in [7, 11) is 1.97. The van der Waals surface area contributed by atoms with Gasteiger partial charge in [0.25, 0.3) is 0 Å². The van der Waals surface area contributed by atoms with Crippen molar-refractivity contribution in [1.82, 2.24) is 9.88 Å². The lowest BCUT2D eigenvalue weighted by Crippen LogP contribution is -2.18. The lowest BCUT2D eigenvalue weighted by molar-refractivity contribution is 0.310. The molecule has 2 rings (SSSR count). The van der Waals surface area contributed by atoms with Crippen molar-refractivity contribution in [3.8, 4) is 0 Å². The highest BCUT2D eigenvalue weighted by Crippen LogP contribution is 2.13. The summed E-state index contributed by atoms with van der Waals surface area (Å²) in [6, 6.07) is 10.9. The maximum atomic E-state index is 13.6. The first kappa shape index (κ1) is 15.4. The van der Waals surface area contributed by atoms with Gasteiger partial charge in [-0.3, -0.25) is 9.88 Å². The monoisotopic (exact) mass is 287 g/mol. The molecule has 1 heterocycles.